The van der Waals surface area contributed by atoms with Gasteiger partial charge in [0.1, 0.15) is 23.7 Å². The zero-order valence-corrected chi connectivity index (χ0v) is 16.6. The van der Waals surface area contributed by atoms with Crippen LogP contribution in [0.5, 0.6) is 5.75 Å². The number of hydrogen-bond acceptors (Lipinski definition) is 6. The van der Waals surface area contributed by atoms with Crippen LogP contribution in [-0.4, -0.2) is 61.2 Å². The molecule has 1 fully saturated rings. The molecule has 4 rings (SSSR count). The molecule has 0 amide bonds. The molecule has 2 heterocycles. The van der Waals surface area contributed by atoms with Crippen molar-refractivity contribution in [2.75, 3.05) is 56.6 Å². The van der Waals surface area contributed by atoms with Crippen molar-refractivity contribution in [3.05, 3.63) is 54.6 Å². The summed E-state index contributed by atoms with van der Waals surface area (Å²) in [5.41, 5.74) is 1.99. The molecule has 152 valence electrons. The van der Waals surface area contributed by atoms with E-state index in [1.165, 1.54) is 24.1 Å². The predicted molar refractivity (Wildman–Crippen MR) is 114 cm³/mol. The molecule has 29 heavy (non-hydrogen) atoms. The molecule has 3 aromatic rings. The maximum atomic E-state index is 13.5. The van der Waals surface area contributed by atoms with Crippen molar-refractivity contribution in [1.29, 1.82) is 0 Å². The summed E-state index contributed by atoms with van der Waals surface area (Å²) in [4.78, 5) is 13.4. The van der Waals surface area contributed by atoms with Crippen LogP contribution in [0.15, 0.2) is 48.8 Å². The van der Waals surface area contributed by atoms with Crippen LogP contribution in [0.2, 0.25) is 0 Å². The molecular formula is C22H26FN5O. The van der Waals surface area contributed by atoms with Crippen LogP contribution in [0.25, 0.3) is 10.9 Å². The van der Waals surface area contributed by atoms with Crippen molar-refractivity contribution < 1.29 is 9.13 Å². The Bertz CT molecular complexity index is 942. The Hall–Kier alpha value is -2.93. The van der Waals surface area contributed by atoms with Crippen LogP contribution in [-0.2, 0) is 0 Å². The van der Waals surface area contributed by atoms with Gasteiger partial charge in [0.05, 0.1) is 12.6 Å². The van der Waals surface area contributed by atoms with E-state index in [9.17, 15) is 4.39 Å². The molecule has 0 bridgehead atoms. The van der Waals surface area contributed by atoms with Gasteiger partial charge in [-0.2, -0.15) is 0 Å². The highest BCUT2D eigenvalue weighted by Gasteiger charge is 2.16. The summed E-state index contributed by atoms with van der Waals surface area (Å²) in [5, 5.41) is 4.06. The van der Waals surface area contributed by atoms with Crippen molar-refractivity contribution in [3.8, 4) is 5.75 Å². The van der Waals surface area contributed by atoms with Crippen molar-refractivity contribution in [2.24, 2.45) is 0 Å². The molecule has 0 aliphatic carbocycles. The number of benzene rings is 2. The highest BCUT2D eigenvalue weighted by molar-refractivity contribution is 5.88. The zero-order chi connectivity index (χ0) is 20.1. The first-order valence-electron chi connectivity index (χ1n) is 9.98. The minimum atomic E-state index is -0.273. The standard InChI is InChI=1S/C22H26FN5O/c1-29-19-6-4-18(5-7-19)28-13-11-27(12-14-28)10-2-9-24-22-20-15-17(23)3-8-21(20)25-16-26-22/h3-8,15-16H,2,9-14H2,1H3,(H,24,25,26). The normalized spacial score (nSPS) is 14.9. The van der Waals surface area contributed by atoms with Crippen molar-refractivity contribution in [3.63, 3.8) is 0 Å². The fourth-order valence-corrected chi connectivity index (χ4v) is 3.70. The van der Waals surface area contributed by atoms with Gasteiger partial charge in [-0.05, 0) is 55.4 Å². The lowest BCUT2D eigenvalue weighted by Crippen LogP contribution is -2.46. The van der Waals surface area contributed by atoms with Crippen molar-refractivity contribution >= 4 is 22.4 Å². The van der Waals surface area contributed by atoms with E-state index in [4.69, 9.17) is 4.74 Å². The van der Waals surface area contributed by atoms with E-state index in [-0.39, 0.29) is 5.82 Å². The fourth-order valence-electron chi connectivity index (χ4n) is 3.70. The highest BCUT2D eigenvalue weighted by atomic mass is 19.1. The fraction of sp³-hybridized carbons (Fsp3) is 0.364. The number of anilines is 2. The van der Waals surface area contributed by atoms with Gasteiger partial charge in [0.25, 0.3) is 0 Å². The zero-order valence-electron chi connectivity index (χ0n) is 16.6. The lowest BCUT2D eigenvalue weighted by atomic mass is 10.2. The second kappa shape index (κ2) is 9.05. The minimum Gasteiger partial charge on any atom is -0.497 e. The molecule has 0 unspecified atom stereocenters. The molecule has 1 aromatic heterocycles. The minimum absolute atomic E-state index is 0.273. The van der Waals surface area contributed by atoms with Gasteiger partial charge in [0.2, 0.25) is 0 Å². The van der Waals surface area contributed by atoms with E-state index in [1.54, 1.807) is 13.2 Å². The van der Waals surface area contributed by atoms with E-state index in [2.05, 4.69) is 37.2 Å². The second-order valence-electron chi connectivity index (χ2n) is 7.19. The number of fused-ring (bicyclic) bond motifs is 1. The third-order valence-corrected chi connectivity index (χ3v) is 5.35. The van der Waals surface area contributed by atoms with Gasteiger partial charge in [-0.1, -0.05) is 0 Å². The number of methoxy groups -OCH3 is 1. The summed E-state index contributed by atoms with van der Waals surface area (Å²) < 4.78 is 18.8. The molecule has 2 aromatic carbocycles. The van der Waals surface area contributed by atoms with E-state index in [1.807, 2.05) is 12.1 Å². The summed E-state index contributed by atoms with van der Waals surface area (Å²) in [7, 11) is 1.69. The van der Waals surface area contributed by atoms with E-state index >= 15 is 0 Å². The molecule has 1 aliphatic heterocycles. The van der Waals surface area contributed by atoms with Crippen LogP contribution in [0.3, 0.4) is 0 Å². The van der Waals surface area contributed by atoms with Crippen LogP contribution in [0.4, 0.5) is 15.9 Å². The number of rotatable bonds is 7. The quantitative estimate of drug-likeness (QED) is 0.619. The lowest BCUT2D eigenvalue weighted by molar-refractivity contribution is 0.257. The van der Waals surface area contributed by atoms with Gasteiger partial charge in [-0.15, -0.1) is 0 Å². The number of nitrogens with one attached hydrogen (secondary N) is 1. The Morgan fingerprint density at radius 2 is 1.83 bits per heavy atom. The number of nitrogens with zero attached hydrogens (tertiary/aromatic N) is 4. The number of ether oxygens (including phenoxy) is 1. The Morgan fingerprint density at radius 3 is 2.59 bits per heavy atom. The molecule has 0 radical (unpaired) electrons. The average Bonchev–Trinajstić information content (AvgIpc) is 2.77. The largest absolute Gasteiger partial charge is 0.497 e. The van der Waals surface area contributed by atoms with Gasteiger partial charge in [-0.3, -0.25) is 4.90 Å². The summed E-state index contributed by atoms with van der Waals surface area (Å²) in [6, 6.07) is 12.8. The predicted octanol–water partition coefficient (Wildman–Crippen LogP) is 3.40. The van der Waals surface area contributed by atoms with E-state index in [0.717, 1.165) is 62.3 Å². The first-order valence-corrected chi connectivity index (χ1v) is 9.98. The smallest absolute Gasteiger partial charge is 0.137 e. The maximum absolute atomic E-state index is 13.5. The average molecular weight is 395 g/mol. The van der Waals surface area contributed by atoms with Gasteiger partial charge >= 0.3 is 0 Å². The third kappa shape index (κ3) is 4.74. The van der Waals surface area contributed by atoms with Crippen LogP contribution in [0.1, 0.15) is 6.42 Å². The topological polar surface area (TPSA) is 53.5 Å². The van der Waals surface area contributed by atoms with Crippen molar-refractivity contribution in [2.45, 2.75) is 6.42 Å². The molecular weight excluding hydrogens is 369 g/mol. The Balaban J connectivity index is 1.23. The summed E-state index contributed by atoms with van der Waals surface area (Å²) in [6.07, 6.45) is 2.52. The van der Waals surface area contributed by atoms with Gasteiger partial charge in [-0.25, -0.2) is 14.4 Å². The molecule has 0 spiro atoms. The summed E-state index contributed by atoms with van der Waals surface area (Å²) >= 11 is 0. The Labute approximate surface area is 170 Å². The number of aromatic nitrogens is 2. The molecule has 0 saturated carbocycles. The monoisotopic (exact) mass is 395 g/mol. The maximum Gasteiger partial charge on any atom is 0.137 e. The van der Waals surface area contributed by atoms with Crippen LogP contribution < -0.4 is 15.0 Å². The molecule has 1 aliphatic rings. The summed E-state index contributed by atoms with van der Waals surface area (Å²) in [5.74, 6) is 1.31. The highest BCUT2D eigenvalue weighted by Crippen LogP contribution is 2.21. The Kier molecular flexibility index (Phi) is 6.05. The molecule has 0 atom stereocenters. The molecule has 7 heteroatoms. The van der Waals surface area contributed by atoms with Gasteiger partial charge in [0.15, 0.2) is 0 Å². The number of piperazine rings is 1. The van der Waals surface area contributed by atoms with Gasteiger partial charge in [0, 0.05) is 43.8 Å². The number of halogens is 1. The SMILES string of the molecule is COc1ccc(N2CCN(CCCNc3ncnc4ccc(F)cc34)CC2)cc1. The van der Waals surface area contributed by atoms with Crippen LogP contribution >= 0.6 is 0 Å². The lowest BCUT2D eigenvalue weighted by Gasteiger charge is -2.36. The van der Waals surface area contributed by atoms with Crippen molar-refractivity contribution in [1.82, 2.24) is 14.9 Å². The summed E-state index contributed by atoms with van der Waals surface area (Å²) in [6.45, 7) is 5.97. The Morgan fingerprint density at radius 1 is 1.03 bits per heavy atom. The van der Waals surface area contributed by atoms with E-state index in [0.29, 0.717) is 5.82 Å². The first-order chi connectivity index (χ1) is 14.2. The second-order valence-corrected chi connectivity index (χ2v) is 7.19. The third-order valence-electron chi connectivity index (χ3n) is 5.35. The first kappa shape index (κ1) is 19.4. The molecule has 1 N–H and O–H groups in total. The van der Waals surface area contributed by atoms with Crippen LogP contribution in [0, 0.1) is 5.82 Å². The van der Waals surface area contributed by atoms with E-state index < -0.39 is 0 Å². The van der Waals surface area contributed by atoms with Gasteiger partial charge < -0.3 is 15.0 Å². The molecule has 1 saturated heterocycles. The number of hydrogen-bond donors (Lipinski definition) is 1. The molecule has 6 nitrogen and oxygen atoms in total.